The number of nitrogens with one attached hydrogen (secondary N) is 3. The van der Waals surface area contributed by atoms with Crippen molar-refractivity contribution < 1.29 is 31.9 Å². The third-order valence-electron chi connectivity index (χ3n) is 7.75. The highest BCUT2D eigenvalue weighted by Crippen LogP contribution is 2.45. The number of sulfonamides is 1. The third kappa shape index (κ3) is 4.92. The summed E-state index contributed by atoms with van der Waals surface area (Å²) in [4.78, 5) is 30.9. The quantitative estimate of drug-likeness (QED) is 0.314. The summed E-state index contributed by atoms with van der Waals surface area (Å²) in [5.74, 6) is -0.352. The number of aromatic nitrogens is 1. The van der Waals surface area contributed by atoms with Crippen molar-refractivity contribution in [1.29, 1.82) is 0 Å². The van der Waals surface area contributed by atoms with Crippen LogP contribution in [0.15, 0.2) is 59.9 Å². The smallest absolute Gasteiger partial charge is 0.259 e. The van der Waals surface area contributed by atoms with E-state index in [-0.39, 0.29) is 12.0 Å². The van der Waals surface area contributed by atoms with Crippen molar-refractivity contribution >= 4 is 32.6 Å². The second-order valence-electron chi connectivity index (χ2n) is 10.5. The summed E-state index contributed by atoms with van der Waals surface area (Å²) >= 11 is 0. The van der Waals surface area contributed by atoms with E-state index in [1.54, 1.807) is 25.7 Å². The molecule has 40 heavy (non-hydrogen) atoms. The lowest BCUT2D eigenvalue weighted by atomic mass is 10.1. The van der Waals surface area contributed by atoms with Crippen LogP contribution >= 0.6 is 0 Å². The molecule has 0 unspecified atom stereocenters. The second-order valence-corrected chi connectivity index (χ2v) is 12.5. The van der Waals surface area contributed by atoms with E-state index in [0.29, 0.717) is 49.6 Å². The molecule has 0 bridgehead atoms. The molecule has 3 N–H and O–H groups in total. The molecule has 2 amide bonds. The number of methoxy groups -OCH3 is 1. The largest absolute Gasteiger partial charge is 0.497 e. The van der Waals surface area contributed by atoms with E-state index in [4.69, 9.17) is 18.9 Å². The number of fused-ring (bicyclic) bond motifs is 1. The lowest BCUT2D eigenvalue weighted by Gasteiger charge is -2.21. The van der Waals surface area contributed by atoms with Crippen molar-refractivity contribution in [3.63, 3.8) is 0 Å². The standard InChI is InChI=1S/C28H30N4O7S/c1-3-18-13-28(18,27(34)32-40(35,36)21-5-6-21)31-25(33)24-12-20(14-29-24)39-26-22-7-4-19(37-2)10-17(22)11-23(30-26)16-8-9-38-15-16/h3-4,7-11,15,18,20-21,24,29H,1,5-6,12-14H2,2H3,(H,31,33)(H,32,34)/t18-,20-,24+,28-/m1/s1. The van der Waals surface area contributed by atoms with Gasteiger partial charge in [-0.05, 0) is 55.0 Å². The van der Waals surface area contributed by atoms with Crippen molar-refractivity contribution in [1.82, 2.24) is 20.3 Å². The molecule has 11 nitrogen and oxygen atoms in total. The summed E-state index contributed by atoms with van der Waals surface area (Å²) < 4.78 is 43.8. The topological polar surface area (TPSA) is 149 Å². The van der Waals surface area contributed by atoms with Crippen molar-refractivity contribution in [3.05, 3.63) is 55.5 Å². The molecule has 1 saturated heterocycles. The fourth-order valence-corrected chi connectivity index (χ4v) is 6.52. The predicted octanol–water partition coefficient (Wildman–Crippen LogP) is 2.28. The van der Waals surface area contributed by atoms with Gasteiger partial charge in [0, 0.05) is 29.8 Å². The Morgan fingerprint density at radius 2 is 2.08 bits per heavy atom. The van der Waals surface area contributed by atoms with Crippen LogP contribution in [0, 0.1) is 5.92 Å². The van der Waals surface area contributed by atoms with Gasteiger partial charge in [-0.15, -0.1) is 6.58 Å². The summed E-state index contributed by atoms with van der Waals surface area (Å²) in [6.07, 6.45) is 6.05. The van der Waals surface area contributed by atoms with Crippen molar-refractivity contribution in [2.75, 3.05) is 13.7 Å². The maximum Gasteiger partial charge on any atom is 0.259 e. The Labute approximate surface area is 231 Å². The molecule has 6 rings (SSSR count). The van der Waals surface area contributed by atoms with Gasteiger partial charge in [0.25, 0.3) is 5.91 Å². The van der Waals surface area contributed by atoms with Gasteiger partial charge >= 0.3 is 0 Å². The van der Waals surface area contributed by atoms with Crippen LogP contribution < -0.4 is 24.8 Å². The molecule has 2 aliphatic carbocycles. The maximum atomic E-state index is 13.2. The number of carbonyl (C=O) groups excluding carboxylic acids is 2. The number of hydrogen-bond acceptors (Lipinski definition) is 9. The average molecular weight is 567 g/mol. The molecule has 2 saturated carbocycles. The van der Waals surface area contributed by atoms with Gasteiger partial charge in [0.1, 0.15) is 17.4 Å². The summed E-state index contributed by atoms with van der Waals surface area (Å²) in [6, 6.07) is 8.71. The highest BCUT2D eigenvalue weighted by molar-refractivity contribution is 7.91. The summed E-state index contributed by atoms with van der Waals surface area (Å²) in [5.41, 5.74) is 0.143. The zero-order valence-electron chi connectivity index (χ0n) is 21.9. The van der Waals surface area contributed by atoms with Gasteiger partial charge in [-0.25, -0.2) is 13.4 Å². The van der Waals surface area contributed by atoms with Gasteiger partial charge in [-0.2, -0.15) is 0 Å². The molecule has 3 heterocycles. The zero-order chi connectivity index (χ0) is 28.1. The number of rotatable bonds is 10. The Bertz CT molecular complexity index is 1590. The van der Waals surface area contributed by atoms with Crippen LogP contribution in [-0.4, -0.2) is 61.8 Å². The first-order valence-electron chi connectivity index (χ1n) is 13.1. The normalized spacial score (nSPS) is 25.8. The van der Waals surface area contributed by atoms with E-state index in [0.717, 1.165) is 16.3 Å². The van der Waals surface area contributed by atoms with Crippen molar-refractivity contribution in [2.45, 2.75) is 48.6 Å². The van der Waals surface area contributed by atoms with Crippen LogP contribution in [0.2, 0.25) is 0 Å². The van der Waals surface area contributed by atoms with Crippen molar-refractivity contribution in [3.8, 4) is 22.9 Å². The summed E-state index contributed by atoms with van der Waals surface area (Å²) in [7, 11) is -2.14. The molecule has 1 aromatic carbocycles. The second kappa shape index (κ2) is 9.93. The van der Waals surface area contributed by atoms with Crippen LogP contribution in [-0.2, 0) is 19.6 Å². The highest BCUT2D eigenvalue weighted by Gasteiger charge is 2.61. The van der Waals surface area contributed by atoms with Gasteiger partial charge in [0.2, 0.25) is 21.8 Å². The van der Waals surface area contributed by atoms with Gasteiger partial charge in [0.05, 0.1) is 36.6 Å². The zero-order valence-corrected chi connectivity index (χ0v) is 22.7. The minimum atomic E-state index is -3.74. The summed E-state index contributed by atoms with van der Waals surface area (Å²) in [5, 5.41) is 7.08. The molecule has 1 aliphatic heterocycles. The molecular formula is C28H30N4O7S. The Balaban J connectivity index is 1.17. The molecule has 3 aromatic rings. The minimum Gasteiger partial charge on any atom is -0.497 e. The van der Waals surface area contributed by atoms with Crippen LogP contribution in [0.4, 0.5) is 0 Å². The molecule has 210 valence electrons. The Morgan fingerprint density at radius 3 is 2.75 bits per heavy atom. The number of amides is 2. The SMILES string of the molecule is C=C[C@@H]1C[C@]1(NC(=O)[C@@H]1C[C@@H](Oc2nc(-c3ccoc3)cc3cc(OC)ccc23)CN1)C(=O)NS(=O)(=O)C1CC1. The van der Waals surface area contributed by atoms with E-state index in [1.807, 2.05) is 30.3 Å². The molecular weight excluding hydrogens is 536 g/mol. The van der Waals surface area contributed by atoms with Crippen LogP contribution in [0.5, 0.6) is 11.6 Å². The number of nitrogens with zero attached hydrogens (tertiary/aromatic N) is 1. The fraction of sp³-hybridized carbons (Fsp3) is 0.393. The lowest BCUT2D eigenvalue weighted by Crippen LogP contribution is -2.55. The Hall–Kier alpha value is -3.90. The van der Waals surface area contributed by atoms with E-state index < -0.39 is 38.7 Å². The van der Waals surface area contributed by atoms with Crippen LogP contribution in [0.25, 0.3) is 22.0 Å². The first kappa shape index (κ1) is 26.3. The number of carbonyl (C=O) groups is 2. The first-order chi connectivity index (χ1) is 19.2. The summed E-state index contributed by atoms with van der Waals surface area (Å²) in [6.45, 7) is 4.11. The lowest BCUT2D eigenvalue weighted by molar-refractivity contribution is -0.130. The first-order valence-corrected chi connectivity index (χ1v) is 14.7. The van der Waals surface area contributed by atoms with Crippen LogP contribution in [0.3, 0.4) is 0 Å². The van der Waals surface area contributed by atoms with E-state index in [2.05, 4.69) is 21.9 Å². The van der Waals surface area contributed by atoms with Gasteiger partial charge in [-0.1, -0.05) is 6.08 Å². The van der Waals surface area contributed by atoms with Gasteiger partial charge < -0.3 is 24.5 Å². The number of furan rings is 1. The fourth-order valence-electron chi connectivity index (χ4n) is 5.15. The van der Waals surface area contributed by atoms with E-state index >= 15 is 0 Å². The molecule has 3 fully saturated rings. The monoisotopic (exact) mass is 566 g/mol. The number of benzene rings is 1. The maximum absolute atomic E-state index is 13.2. The Morgan fingerprint density at radius 1 is 1.25 bits per heavy atom. The highest BCUT2D eigenvalue weighted by atomic mass is 32.2. The average Bonchev–Trinajstić information content (AvgIpc) is 3.80. The molecule has 0 radical (unpaired) electrons. The molecule has 12 heteroatoms. The molecule has 2 aromatic heterocycles. The van der Waals surface area contributed by atoms with Crippen molar-refractivity contribution in [2.24, 2.45) is 5.92 Å². The molecule has 4 atom stereocenters. The van der Waals surface area contributed by atoms with Gasteiger partial charge in [0.15, 0.2) is 0 Å². The van der Waals surface area contributed by atoms with Gasteiger partial charge in [-0.3, -0.25) is 14.3 Å². The van der Waals surface area contributed by atoms with Crippen LogP contribution in [0.1, 0.15) is 25.7 Å². The molecule has 3 aliphatic rings. The number of hydrogen-bond donors (Lipinski definition) is 3. The Kier molecular flexibility index (Phi) is 6.54. The molecule has 0 spiro atoms. The van der Waals surface area contributed by atoms with E-state index in [1.165, 1.54) is 0 Å². The predicted molar refractivity (Wildman–Crippen MR) is 146 cm³/mol. The number of pyridine rings is 1. The third-order valence-corrected chi connectivity index (χ3v) is 9.57. The van der Waals surface area contributed by atoms with E-state index in [9.17, 15) is 18.0 Å². The number of ether oxygens (including phenoxy) is 2. The minimum absolute atomic E-state index is 0.293.